The Morgan fingerprint density at radius 2 is 2.40 bits per heavy atom. The summed E-state index contributed by atoms with van der Waals surface area (Å²) >= 11 is 1.64. The molecule has 1 fully saturated rings. The number of urea groups is 1. The summed E-state index contributed by atoms with van der Waals surface area (Å²) in [6.45, 7) is 3.52. The van der Waals surface area contributed by atoms with Crippen LogP contribution in [0.25, 0.3) is 0 Å². The number of carboxylic acids is 1. The van der Waals surface area contributed by atoms with E-state index in [0.29, 0.717) is 12.5 Å². The van der Waals surface area contributed by atoms with E-state index in [0.717, 1.165) is 30.1 Å². The molecule has 0 saturated carbocycles. The van der Waals surface area contributed by atoms with Gasteiger partial charge in [-0.2, -0.15) is 0 Å². The number of likely N-dealkylation sites (tertiary alicyclic amines) is 1. The van der Waals surface area contributed by atoms with Crippen LogP contribution in [-0.2, 0) is 4.79 Å². The lowest BCUT2D eigenvalue weighted by atomic mass is 9.99. The Kier molecular flexibility index (Phi) is 4.94. The summed E-state index contributed by atoms with van der Waals surface area (Å²) in [4.78, 5) is 28.6. The van der Waals surface area contributed by atoms with E-state index < -0.39 is 5.97 Å². The Morgan fingerprint density at radius 1 is 1.60 bits per heavy atom. The Balaban J connectivity index is 1.86. The fraction of sp³-hybridized carbons (Fsp3) is 0.615. The van der Waals surface area contributed by atoms with Gasteiger partial charge in [0.25, 0.3) is 0 Å². The monoisotopic (exact) mass is 297 g/mol. The van der Waals surface area contributed by atoms with Crippen molar-refractivity contribution in [3.63, 3.8) is 0 Å². The van der Waals surface area contributed by atoms with Crippen molar-refractivity contribution in [2.75, 3.05) is 19.6 Å². The van der Waals surface area contributed by atoms with Crippen molar-refractivity contribution in [1.29, 1.82) is 0 Å². The number of rotatable bonds is 4. The first-order valence-corrected chi connectivity index (χ1v) is 7.61. The van der Waals surface area contributed by atoms with E-state index in [1.807, 2.05) is 12.3 Å². The molecule has 110 valence electrons. The van der Waals surface area contributed by atoms with Crippen LogP contribution in [-0.4, -0.2) is 46.6 Å². The number of aryl methyl sites for hydroxylation is 1. The smallest absolute Gasteiger partial charge is 0.317 e. The normalized spacial score (nSPS) is 18.9. The minimum absolute atomic E-state index is 0.0469. The van der Waals surface area contributed by atoms with Crippen LogP contribution in [0.15, 0.2) is 5.38 Å². The van der Waals surface area contributed by atoms with Crippen LogP contribution < -0.4 is 5.32 Å². The second kappa shape index (κ2) is 6.69. The SMILES string of the molecule is Cc1csc(C2CCCN(C(=O)NCCC(=O)O)C2)n1. The molecule has 1 aliphatic heterocycles. The Morgan fingerprint density at radius 3 is 3.05 bits per heavy atom. The molecule has 1 atom stereocenters. The molecule has 0 aromatic carbocycles. The van der Waals surface area contributed by atoms with E-state index in [9.17, 15) is 9.59 Å². The van der Waals surface area contributed by atoms with Gasteiger partial charge < -0.3 is 15.3 Å². The van der Waals surface area contributed by atoms with E-state index in [2.05, 4.69) is 10.3 Å². The fourth-order valence-corrected chi connectivity index (χ4v) is 3.24. The molecular formula is C13H19N3O3S. The predicted molar refractivity (Wildman–Crippen MR) is 76.1 cm³/mol. The summed E-state index contributed by atoms with van der Waals surface area (Å²) in [5.41, 5.74) is 1.02. The summed E-state index contributed by atoms with van der Waals surface area (Å²) < 4.78 is 0. The number of thiazole rings is 1. The molecule has 2 amide bonds. The van der Waals surface area contributed by atoms with Gasteiger partial charge in [0.15, 0.2) is 0 Å². The number of amides is 2. The summed E-state index contributed by atoms with van der Waals surface area (Å²) in [6, 6.07) is -0.177. The van der Waals surface area contributed by atoms with Gasteiger partial charge in [-0.25, -0.2) is 9.78 Å². The predicted octanol–water partition coefficient (Wildman–Crippen LogP) is 1.82. The lowest BCUT2D eigenvalue weighted by molar-refractivity contribution is -0.136. The molecule has 6 nitrogen and oxygen atoms in total. The molecule has 0 aliphatic carbocycles. The van der Waals surface area contributed by atoms with Gasteiger partial charge in [-0.05, 0) is 19.8 Å². The van der Waals surface area contributed by atoms with Crippen molar-refractivity contribution in [1.82, 2.24) is 15.2 Å². The number of carbonyl (C=O) groups excluding carboxylic acids is 1. The van der Waals surface area contributed by atoms with E-state index in [-0.39, 0.29) is 19.0 Å². The molecule has 1 aromatic rings. The summed E-state index contributed by atoms with van der Waals surface area (Å²) in [5.74, 6) is -0.604. The van der Waals surface area contributed by atoms with Crippen molar-refractivity contribution in [2.24, 2.45) is 0 Å². The second-order valence-electron chi connectivity index (χ2n) is 4.99. The molecule has 2 rings (SSSR count). The van der Waals surface area contributed by atoms with Crippen LogP contribution in [0.2, 0.25) is 0 Å². The number of nitrogens with zero attached hydrogens (tertiary/aromatic N) is 2. The van der Waals surface area contributed by atoms with Gasteiger partial charge in [-0.3, -0.25) is 4.79 Å². The van der Waals surface area contributed by atoms with Gasteiger partial charge in [-0.15, -0.1) is 11.3 Å². The molecule has 1 unspecified atom stereocenters. The first-order chi connectivity index (χ1) is 9.56. The first kappa shape index (κ1) is 14.8. The number of hydrogen-bond donors (Lipinski definition) is 2. The van der Waals surface area contributed by atoms with Crippen LogP contribution in [0, 0.1) is 6.92 Å². The average molecular weight is 297 g/mol. The Labute approximate surface area is 121 Å². The third kappa shape index (κ3) is 3.93. The number of nitrogens with one attached hydrogen (secondary N) is 1. The van der Waals surface area contributed by atoms with E-state index in [1.165, 1.54) is 0 Å². The highest BCUT2D eigenvalue weighted by molar-refractivity contribution is 7.09. The lowest BCUT2D eigenvalue weighted by Gasteiger charge is -2.31. The Bertz CT molecular complexity index is 489. The maximum Gasteiger partial charge on any atom is 0.317 e. The number of carbonyl (C=O) groups is 2. The minimum Gasteiger partial charge on any atom is -0.481 e. The highest BCUT2D eigenvalue weighted by Crippen LogP contribution is 2.29. The lowest BCUT2D eigenvalue weighted by Crippen LogP contribution is -2.45. The highest BCUT2D eigenvalue weighted by atomic mass is 32.1. The van der Waals surface area contributed by atoms with Crippen LogP contribution >= 0.6 is 11.3 Å². The third-order valence-electron chi connectivity index (χ3n) is 3.31. The maximum absolute atomic E-state index is 12.0. The molecule has 2 N–H and O–H groups in total. The van der Waals surface area contributed by atoms with Crippen molar-refractivity contribution in [3.8, 4) is 0 Å². The van der Waals surface area contributed by atoms with Gasteiger partial charge in [0.05, 0.1) is 11.4 Å². The second-order valence-corrected chi connectivity index (χ2v) is 5.88. The van der Waals surface area contributed by atoms with Gasteiger partial charge in [0.1, 0.15) is 0 Å². The zero-order chi connectivity index (χ0) is 14.5. The largest absolute Gasteiger partial charge is 0.481 e. The van der Waals surface area contributed by atoms with Crippen LogP contribution in [0.3, 0.4) is 0 Å². The quantitative estimate of drug-likeness (QED) is 0.888. The van der Waals surface area contributed by atoms with Crippen molar-refractivity contribution in [2.45, 2.75) is 32.1 Å². The van der Waals surface area contributed by atoms with Gasteiger partial charge >= 0.3 is 12.0 Å². The summed E-state index contributed by atoms with van der Waals surface area (Å²) in [7, 11) is 0. The van der Waals surface area contributed by atoms with Gasteiger partial charge in [-0.1, -0.05) is 0 Å². The molecular weight excluding hydrogens is 278 g/mol. The molecule has 2 heterocycles. The molecule has 1 saturated heterocycles. The van der Waals surface area contributed by atoms with E-state index in [1.54, 1.807) is 16.2 Å². The molecule has 0 spiro atoms. The number of piperidine rings is 1. The van der Waals surface area contributed by atoms with Crippen LogP contribution in [0.1, 0.15) is 35.9 Å². The van der Waals surface area contributed by atoms with E-state index >= 15 is 0 Å². The third-order valence-corrected chi connectivity index (χ3v) is 4.43. The molecule has 7 heteroatoms. The zero-order valence-corrected chi connectivity index (χ0v) is 12.3. The van der Waals surface area contributed by atoms with Gasteiger partial charge in [0.2, 0.25) is 0 Å². The molecule has 0 radical (unpaired) electrons. The first-order valence-electron chi connectivity index (χ1n) is 6.73. The molecule has 1 aromatic heterocycles. The summed E-state index contributed by atoms with van der Waals surface area (Å²) in [6.07, 6.45) is 1.95. The number of hydrogen-bond acceptors (Lipinski definition) is 4. The Hall–Kier alpha value is -1.63. The van der Waals surface area contributed by atoms with Crippen LogP contribution in [0.5, 0.6) is 0 Å². The zero-order valence-electron chi connectivity index (χ0n) is 11.5. The molecule has 1 aliphatic rings. The maximum atomic E-state index is 12.0. The highest BCUT2D eigenvalue weighted by Gasteiger charge is 2.26. The van der Waals surface area contributed by atoms with Crippen molar-refractivity contribution in [3.05, 3.63) is 16.1 Å². The average Bonchev–Trinajstić information content (AvgIpc) is 2.85. The van der Waals surface area contributed by atoms with Crippen LogP contribution in [0.4, 0.5) is 4.79 Å². The van der Waals surface area contributed by atoms with E-state index in [4.69, 9.17) is 5.11 Å². The fourth-order valence-electron chi connectivity index (χ4n) is 2.31. The van der Waals surface area contributed by atoms with Crippen molar-refractivity contribution >= 4 is 23.3 Å². The minimum atomic E-state index is -0.903. The van der Waals surface area contributed by atoms with Crippen molar-refractivity contribution < 1.29 is 14.7 Å². The topological polar surface area (TPSA) is 82.5 Å². The summed E-state index contributed by atoms with van der Waals surface area (Å²) in [5, 5.41) is 14.3. The molecule has 0 bridgehead atoms. The van der Waals surface area contributed by atoms with Gasteiger partial charge in [0, 0.05) is 36.6 Å². The molecule has 20 heavy (non-hydrogen) atoms. The number of carboxylic acid groups (broad SMARTS) is 1. The number of aliphatic carboxylic acids is 1. The standard InChI is InChI=1S/C13H19N3O3S/c1-9-8-20-12(15-9)10-3-2-6-16(7-10)13(19)14-5-4-11(17)18/h8,10H,2-7H2,1H3,(H,14,19)(H,17,18). The number of aromatic nitrogens is 1.